The number of allylic oxidation sites excluding steroid dienone is 4. The van der Waals surface area contributed by atoms with Gasteiger partial charge in [0.25, 0.3) is 0 Å². The van der Waals surface area contributed by atoms with E-state index in [1.807, 2.05) is 18.2 Å². The zero-order valence-electron chi connectivity index (χ0n) is 10.3. The molecule has 0 amide bonds. The Morgan fingerprint density at radius 3 is 2.65 bits per heavy atom. The van der Waals surface area contributed by atoms with Gasteiger partial charge in [-0.25, -0.2) is 0 Å². The van der Waals surface area contributed by atoms with E-state index < -0.39 is 17.2 Å². The summed E-state index contributed by atoms with van der Waals surface area (Å²) in [4.78, 5) is 3.87. The van der Waals surface area contributed by atoms with Crippen molar-refractivity contribution in [3.05, 3.63) is 52.8 Å². The molecule has 2 nitrogen and oxygen atoms in total. The van der Waals surface area contributed by atoms with E-state index in [4.69, 9.17) is 16.9 Å². The first-order valence-electron chi connectivity index (χ1n) is 5.83. The fourth-order valence-electron chi connectivity index (χ4n) is 2.16. The van der Waals surface area contributed by atoms with Crippen LogP contribution in [0.2, 0.25) is 5.02 Å². The van der Waals surface area contributed by atoms with Crippen LogP contribution in [0, 0.1) is 11.3 Å². The van der Waals surface area contributed by atoms with Gasteiger partial charge < -0.3 is 0 Å². The Morgan fingerprint density at radius 1 is 1.40 bits per heavy atom. The number of aromatic nitrogens is 1. The molecule has 0 radical (unpaired) electrons. The summed E-state index contributed by atoms with van der Waals surface area (Å²) >= 11 is 5.96. The smallest absolute Gasteiger partial charge is 0.258 e. The molecule has 1 aliphatic carbocycles. The van der Waals surface area contributed by atoms with Crippen molar-refractivity contribution in [2.75, 3.05) is 0 Å². The minimum absolute atomic E-state index is 0.0741. The Labute approximate surface area is 119 Å². The molecular formula is C14H10ClF3N2. The molecule has 0 N–H and O–H groups in total. The van der Waals surface area contributed by atoms with Crippen LogP contribution in [0.4, 0.5) is 13.2 Å². The summed E-state index contributed by atoms with van der Waals surface area (Å²) in [6.07, 6.45) is 4.02. The van der Waals surface area contributed by atoms with Gasteiger partial charge >= 0.3 is 6.18 Å². The van der Waals surface area contributed by atoms with Gasteiger partial charge in [0.2, 0.25) is 0 Å². The van der Waals surface area contributed by atoms with E-state index >= 15 is 0 Å². The standard InChI is InChI=1S/C14H10ClF3N2/c15-11-8-10(14(16,17)18)9-20-12(11)13(6-7-19)4-2-1-3-5-13/h1-4,8-9H,5-6H2/t13-/m1/s1. The summed E-state index contributed by atoms with van der Waals surface area (Å²) in [5, 5.41) is 8.89. The summed E-state index contributed by atoms with van der Waals surface area (Å²) < 4.78 is 37.8. The van der Waals surface area contributed by atoms with Gasteiger partial charge in [0.05, 0.1) is 28.8 Å². The first-order chi connectivity index (χ1) is 9.39. The molecule has 2 rings (SSSR count). The van der Waals surface area contributed by atoms with Crippen molar-refractivity contribution in [3.63, 3.8) is 0 Å². The zero-order chi connectivity index (χ0) is 14.8. The Morgan fingerprint density at radius 2 is 2.15 bits per heavy atom. The lowest BCUT2D eigenvalue weighted by Gasteiger charge is -2.29. The van der Waals surface area contributed by atoms with Crippen LogP contribution in [0.25, 0.3) is 0 Å². The van der Waals surface area contributed by atoms with Crippen LogP contribution in [0.1, 0.15) is 24.1 Å². The third-order valence-electron chi connectivity index (χ3n) is 3.18. The van der Waals surface area contributed by atoms with Crippen molar-refractivity contribution in [1.82, 2.24) is 4.98 Å². The molecule has 0 aliphatic heterocycles. The summed E-state index contributed by atoms with van der Waals surface area (Å²) in [5.74, 6) is 0. The molecule has 0 unspecified atom stereocenters. The van der Waals surface area contributed by atoms with Crippen LogP contribution >= 0.6 is 11.6 Å². The van der Waals surface area contributed by atoms with Crippen molar-refractivity contribution in [1.29, 1.82) is 5.26 Å². The highest BCUT2D eigenvalue weighted by atomic mass is 35.5. The average Bonchev–Trinajstić information content (AvgIpc) is 2.39. The largest absolute Gasteiger partial charge is 0.417 e. The van der Waals surface area contributed by atoms with E-state index in [2.05, 4.69) is 4.98 Å². The number of nitrogens with zero attached hydrogens (tertiary/aromatic N) is 2. The number of rotatable bonds is 2. The van der Waals surface area contributed by atoms with Gasteiger partial charge in [0.15, 0.2) is 0 Å². The van der Waals surface area contributed by atoms with Crippen molar-refractivity contribution < 1.29 is 13.2 Å². The van der Waals surface area contributed by atoms with Crippen molar-refractivity contribution >= 4 is 11.6 Å². The van der Waals surface area contributed by atoms with Gasteiger partial charge in [-0.05, 0) is 12.5 Å². The van der Waals surface area contributed by atoms with Crippen LogP contribution in [-0.2, 0) is 11.6 Å². The van der Waals surface area contributed by atoms with Gasteiger partial charge in [-0.1, -0.05) is 35.9 Å². The second-order valence-corrected chi connectivity index (χ2v) is 4.94. The molecule has 1 atom stereocenters. The van der Waals surface area contributed by atoms with E-state index in [1.165, 1.54) is 0 Å². The molecule has 1 aromatic rings. The third kappa shape index (κ3) is 2.70. The lowest BCUT2D eigenvalue weighted by atomic mass is 9.76. The predicted molar refractivity (Wildman–Crippen MR) is 69.1 cm³/mol. The Kier molecular flexibility index (Phi) is 3.87. The van der Waals surface area contributed by atoms with Gasteiger partial charge in [0, 0.05) is 11.6 Å². The number of nitriles is 1. The third-order valence-corrected chi connectivity index (χ3v) is 3.47. The second-order valence-electron chi connectivity index (χ2n) is 4.53. The minimum atomic E-state index is -4.49. The normalized spacial score (nSPS) is 21.8. The van der Waals surface area contributed by atoms with Crippen LogP contribution in [0.5, 0.6) is 0 Å². The summed E-state index contributed by atoms with van der Waals surface area (Å²) in [7, 11) is 0. The van der Waals surface area contributed by atoms with Crippen molar-refractivity contribution in [2.24, 2.45) is 0 Å². The number of pyridine rings is 1. The second kappa shape index (κ2) is 5.29. The highest BCUT2D eigenvalue weighted by molar-refractivity contribution is 6.31. The van der Waals surface area contributed by atoms with Crippen molar-refractivity contribution in [3.8, 4) is 6.07 Å². The Balaban J connectivity index is 2.49. The highest BCUT2D eigenvalue weighted by Crippen LogP contribution is 2.40. The molecule has 0 bridgehead atoms. The zero-order valence-corrected chi connectivity index (χ0v) is 11.0. The van der Waals surface area contributed by atoms with Crippen LogP contribution in [-0.4, -0.2) is 4.98 Å². The van der Waals surface area contributed by atoms with Crippen LogP contribution in [0.15, 0.2) is 36.6 Å². The van der Waals surface area contributed by atoms with Gasteiger partial charge in [-0.15, -0.1) is 0 Å². The van der Waals surface area contributed by atoms with E-state index in [9.17, 15) is 13.2 Å². The maximum Gasteiger partial charge on any atom is 0.417 e. The quantitative estimate of drug-likeness (QED) is 0.810. The average molecular weight is 299 g/mol. The van der Waals surface area contributed by atoms with E-state index in [-0.39, 0.29) is 11.4 Å². The Bertz CT molecular complexity index is 614. The monoisotopic (exact) mass is 298 g/mol. The molecule has 1 heterocycles. The summed E-state index contributed by atoms with van der Waals surface area (Å²) in [6, 6.07) is 2.90. The Hall–Kier alpha value is -1.80. The molecule has 104 valence electrons. The molecule has 0 aromatic carbocycles. The molecule has 6 heteroatoms. The maximum absolute atomic E-state index is 12.6. The summed E-state index contributed by atoms with van der Waals surface area (Å²) in [6.45, 7) is 0. The topological polar surface area (TPSA) is 36.7 Å². The number of alkyl halides is 3. The number of hydrogen-bond acceptors (Lipinski definition) is 2. The van der Waals surface area contributed by atoms with E-state index in [1.54, 1.807) is 12.2 Å². The molecule has 1 aliphatic rings. The predicted octanol–water partition coefficient (Wildman–Crippen LogP) is 4.42. The first kappa shape index (κ1) is 14.6. The fraction of sp³-hybridized carbons (Fsp3) is 0.286. The lowest BCUT2D eigenvalue weighted by molar-refractivity contribution is -0.137. The molecule has 0 fully saturated rings. The molecule has 0 spiro atoms. The first-order valence-corrected chi connectivity index (χ1v) is 6.21. The fourth-order valence-corrected chi connectivity index (χ4v) is 2.51. The van der Waals surface area contributed by atoms with Gasteiger partial charge in [-0.2, -0.15) is 18.4 Å². The maximum atomic E-state index is 12.6. The molecule has 0 saturated carbocycles. The molecule has 20 heavy (non-hydrogen) atoms. The van der Waals surface area contributed by atoms with Crippen LogP contribution < -0.4 is 0 Å². The SMILES string of the molecule is N#CC[C@@]1(c2ncc(C(F)(F)F)cc2Cl)C=CC=CC1. The lowest BCUT2D eigenvalue weighted by Crippen LogP contribution is -2.26. The number of halogens is 4. The van der Waals surface area contributed by atoms with Crippen LogP contribution in [0.3, 0.4) is 0 Å². The number of hydrogen-bond donors (Lipinski definition) is 0. The summed E-state index contributed by atoms with van der Waals surface area (Å²) in [5.41, 5.74) is -1.35. The molecular weight excluding hydrogens is 289 g/mol. The van der Waals surface area contributed by atoms with Crippen molar-refractivity contribution in [2.45, 2.75) is 24.4 Å². The minimum Gasteiger partial charge on any atom is -0.258 e. The highest BCUT2D eigenvalue weighted by Gasteiger charge is 2.36. The van der Waals surface area contributed by atoms with Gasteiger partial charge in [-0.3, -0.25) is 4.98 Å². The molecule has 0 saturated heterocycles. The van der Waals surface area contributed by atoms with Gasteiger partial charge in [0.1, 0.15) is 0 Å². The van der Waals surface area contributed by atoms with E-state index in [0.29, 0.717) is 12.1 Å². The van der Waals surface area contributed by atoms with E-state index in [0.717, 1.165) is 12.3 Å². The molecule has 1 aromatic heterocycles.